The van der Waals surface area contributed by atoms with Gasteiger partial charge in [0.2, 0.25) is 35.4 Å². The number of carboxylic acid groups (broad SMARTS) is 1. The summed E-state index contributed by atoms with van der Waals surface area (Å²) in [6.45, 7) is 4.86. The minimum Gasteiger partial charge on any atom is -0.480 e. The minimum absolute atomic E-state index is 0.0443. The summed E-state index contributed by atoms with van der Waals surface area (Å²) in [6, 6.07) is -8.67. The van der Waals surface area contributed by atoms with Crippen molar-refractivity contribution in [2.45, 2.75) is 95.4 Å². The van der Waals surface area contributed by atoms with E-state index in [9.17, 15) is 43.8 Å². The first kappa shape index (κ1) is 39.4. The Bertz CT molecular complexity index is 1080. The molecule has 0 aromatic rings. The lowest BCUT2D eigenvalue weighted by atomic mass is 10.1. The van der Waals surface area contributed by atoms with Crippen LogP contribution in [0.25, 0.3) is 0 Å². The molecule has 0 rings (SSSR count). The summed E-state index contributed by atoms with van der Waals surface area (Å²) in [7, 11) is 0. The fourth-order valence-corrected chi connectivity index (χ4v) is 3.37. The number of nitrogens with zero attached hydrogens (tertiary/aromatic N) is 1. The van der Waals surface area contributed by atoms with Crippen LogP contribution in [0.4, 0.5) is 0 Å². The average Bonchev–Trinajstić information content (AvgIpc) is 2.90. The third-order valence-electron chi connectivity index (χ3n) is 5.98. The molecular formula is C24H44N10O10. The van der Waals surface area contributed by atoms with Crippen LogP contribution in [-0.4, -0.2) is 118 Å². The smallest absolute Gasteiger partial charge is 0.325 e. The number of nitrogens with two attached hydrogens (primary N) is 4. The van der Waals surface area contributed by atoms with Gasteiger partial charge >= 0.3 is 5.97 Å². The van der Waals surface area contributed by atoms with Crippen LogP contribution < -0.4 is 49.5 Å². The number of carboxylic acids is 1. The molecule has 0 aromatic heterocycles. The maximum atomic E-state index is 13.1. The van der Waals surface area contributed by atoms with Crippen molar-refractivity contribution >= 4 is 47.4 Å². The summed E-state index contributed by atoms with van der Waals surface area (Å²) in [5.41, 5.74) is 21.4. The molecular weight excluding hydrogens is 588 g/mol. The number of hydrogen-bond donors (Lipinski definition) is 12. The lowest BCUT2D eigenvalue weighted by Crippen LogP contribution is -2.60. The van der Waals surface area contributed by atoms with Crippen molar-refractivity contribution in [1.82, 2.24) is 26.6 Å². The Hall–Kier alpha value is -4.56. The molecule has 0 radical (unpaired) electrons. The second-order valence-electron chi connectivity index (χ2n) is 10.0. The van der Waals surface area contributed by atoms with Crippen LogP contribution in [0.15, 0.2) is 4.99 Å². The van der Waals surface area contributed by atoms with Gasteiger partial charge in [-0.2, -0.15) is 0 Å². The van der Waals surface area contributed by atoms with Gasteiger partial charge in [-0.1, -0.05) is 0 Å². The summed E-state index contributed by atoms with van der Waals surface area (Å²) < 4.78 is 0. The third kappa shape index (κ3) is 14.6. The minimum atomic E-state index is -1.59. The van der Waals surface area contributed by atoms with Gasteiger partial charge in [0.15, 0.2) is 5.96 Å². The van der Waals surface area contributed by atoms with Crippen molar-refractivity contribution in [3.63, 3.8) is 0 Å². The van der Waals surface area contributed by atoms with E-state index in [1.165, 1.54) is 27.7 Å². The first-order valence-corrected chi connectivity index (χ1v) is 13.5. The Morgan fingerprint density at radius 2 is 1.20 bits per heavy atom. The van der Waals surface area contributed by atoms with E-state index < -0.39 is 96.3 Å². The highest BCUT2D eigenvalue weighted by Crippen LogP contribution is 2.04. The molecule has 8 atom stereocenters. The molecule has 20 heteroatoms. The first-order valence-electron chi connectivity index (χ1n) is 13.5. The lowest BCUT2D eigenvalue weighted by Gasteiger charge is -2.26. The number of guanidine groups is 1. The molecule has 0 spiro atoms. The van der Waals surface area contributed by atoms with Crippen molar-refractivity contribution in [3.05, 3.63) is 0 Å². The van der Waals surface area contributed by atoms with Crippen molar-refractivity contribution in [2.24, 2.45) is 27.9 Å². The summed E-state index contributed by atoms with van der Waals surface area (Å²) in [6.07, 6.45) is -3.39. The number of amides is 6. The van der Waals surface area contributed by atoms with Gasteiger partial charge < -0.3 is 64.8 Å². The highest BCUT2D eigenvalue weighted by molar-refractivity contribution is 5.97. The number of aliphatic carboxylic acids is 1. The first-order chi connectivity index (χ1) is 20.3. The van der Waals surface area contributed by atoms with Crippen LogP contribution in [0, 0.1) is 0 Å². The number of aliphatic imine (C=N–C) groups is 1. The van der Waals surface area contributed by atoms with Gasteiger partial charge in [-0.15, -0.1) is 0 Å². The summed E-state index contributed by atoms with van der Waals surface area (Å²) in [4.78, 5) is 90.0. The predicted octanol–water partition coefficient (Wildman–Crippen LogP) is -6.45. The van der Waals surface area contributed by atoms with Crippen molar-refractivity contribution < 1.29 is 48.9 Å². The van der Waals surface area contributed by atoms with E-state index >= 15 is 0 Å². The topological polar surface area (TPSA) is 357 Å². The number of carbonyl (C=O) groups is 7. The zero-order chi connectivity index (χ0) is 34.3. The molecule has 44 heavy (non-hydrogen) atoms. The van der Waals surface area contributed by atoms with Gasteiger partial charge in [-0.3, -0.25) is 38.6 Å². The average molecular weight is 633 g/mol. The van der Waals surface area contributed by atoms with Gasteiger partial charge in [0, 0.05) is 6.54 Å². The number of carbonyl (C=O) groups excluding carboxylic acids is 6. The zero-order valence-corrected chi connectivity index (χ0v) is 24.9. The van der Waals surface area contributed by atoms with E-state index in [1.807, 2.05) is 0 Å². The molecule has 0 aliphatic rings. The van der Waals surface area contributed by atoms with Crippen LogP contribution in [0.3, 0.4) is 0 Å². The Balaban J connectivity index is 5.81. The van der Waals surface area contributed by atoms with Gasteiger partial charge in [-0.25, -0.2) is 0 Å². The maximum absolute atomic E-state index is 13.1. The molecule has 6 amide bonds. The number of aliphatic hydroxyl groups excluding tert-OH is 2. The molecule has 0 aliphatic heterocycles. The highest BCUT2D eigenvalue weighted by Gasteiger charge is 2.33. The fourth-order valence-electron chi connectivity index (χ4n) is 3.37. The van der Waals surface area contributed by atoms with Gasteiger partial charge in [-0.05, 0) is 40.5 Å². The Morgan fingerprint density at radius 1 is 0.682 bits per heavy atom. The lowest BCUT2D eigenvalue weighted by molar-refractivity contribution is -0.142. The largest absolute Gasteiger partial charge is 0.480 e. The molecule has 0 heterocycles. The fraction of sp³-hybridized carbons (Fsp3) is 0.667. The molecule has 20 nitrogen and oxygen atoms in total. The van der Waals surface area contributed by atoms with Gasteiger partial charge in [0.1, 0.15) is 36.3 Å². The number of primary amides is 1. The highest BCUT2D eigenvalue weighted by atomic mass is 16.4. The second-order valence-corrected chi connectivity index (χ2v) is 10.0. The molecule has 16 N–H and O–H groups in total. The Kier molecular flexibility index (Phi) is 16.9. The Morgan fingerprint density at radius 3 is 1.68 bits per heavy atom. The monoisotopic (exact) mass is 632 g/mol. The van der Waals surface area contributed by atoms with Crippen LogP contribution in [0.5, 0.6) is 0 Å². The molecule has 0 saturated carbocycles. The second kappa shape index (κ2) is 18.9. The number of nitrogens with one attached hydrogen (secondary N) is 5. The van der Waals surface area contributed by atoms with Crippen LogP contribution in [0.1, 0.15) is 47.0 Å². The predicted molar refractivity (Wildman–Crippen MR) is 154 cm³/mol. The van der Waals surface area contributed by atoms with E-state index in [0.717, 1.165) is 0 Å². The molecule has 0 aliphatic carbocycles. The number of hydrogen-bond acceptors (Lipinski definition) is 11. The maximum Gasteiger partial charge on any atom is 0.325 e. The normalized spacial score (nSPS) is 16.2. The van der Waals surface area contributed by atoms with Gasteiger partial charge in [0.25, 0.3) is 0 Å². The Labute approximate surface area is 253 Å². The van der Waals surface area contributed by atoms with Crippen molar-refractivity contribution in [2.75, 3.05) is 6.54 Å². The van der Waals surface area contributed by atoms with Crippen molar-refractivity contribution in [3.8, 4) is 0 Å². The van der Waals surface area contributed by atoms with E-state index in [4.69, 9.17) is 28.0 Å². The summed E-state index contributed by atoms with van der Waals surface area (Å²) in [5.74, 6) is -7.41. The van der Waals surface area contributed by atoms with E-state index in [-0.39, 0.29) is 25.3 Å². The standard InChI is InChI=1S/C24H44N10O10/c1-9(18(38)34-17(12(4)36)22(42)31-10(2)23(43)44)30-19(39)13(6-5-7-29-24(27)28)32-20(40)14(8-15(25)37)33-21(41)16(26)11(3)35/h9-14,16-17,35-36H,5-8,26H2,1-4H3,(H2,25,37)(H,30,39)(H,31,42)(H,32,40)(H,33,41)(H,34,38)(H,43,44)(H4,27,28,29)/t9-,10-,11+,12+,13-,14-,16-,17-/m0/s1. The van der Waals surface area contributed by atoms with Crippen LogP contribution >= 0.6 is 0 Å². The van der Waals surface area contributed by atoms with E-state index in [2.05, 4.69) is 31.6 Å². The molecule has 0 bridgehead atoms. The SMILES string of the molecule is C[C@H](NC(=O)[C@@H](NC(=O)[C@H](C)NC(=O)[C@H](CCCN=C(N)N)NC(=O)[C@H](CC(N)=O)NC(=O)[C@@H](N)[C@@H](C)O)[C@@H](C)O)C(=O)O. The van der Waals surface area contributed by atoms with Crippen LogP contribution in [0.2, 0.25) is 0 Å². The van der Waals surface area contributed by atoms with Crippen LogP contribution in [-0.2, 0) is 33.6 Å². The van der Waals surface area contributed by atoms with E-state index in [1.54, 1.807) is 0 Å². The third-order valence-corrected chi connectivity index (χ3v) is 5.98. The summed E-state index contributed by atoms with van der Waals surface area (Å²) >= 11 is 0. The zero-order valence-electron chi connectivity index (χ0n) is 24.9. The molecule has 0 saturated heterocycles. The number of rotatable bonds is 19. The van der Waals surface area contributed by atoms with Gasteiger partial charge in [0.05, 0.1) is 18.6 Å². The quantitative estimate of drug-likeness (QED) is 0.0358. The van der Waals surface area contributed by atoms with E-state index in [0.29, 0.717) is 0 Å². The number of aliphatic hydroxyl groups is 2. The summed E-state index contributed by atoms with van der Waals surface area (Å²) in [5, 5.41) is 39.7. The molecule has 250 valence electrons. The molecule has 0 aromatic carbocycles. The molecule has 0 unspecified atom stereocenters. The van der Waals surface area contributed by atoms with Crippen molar-refractivity contribution in [1.29, 1.82) is 0 Å². The molecule has 0 fully saturated rings.